The van der Waals surface area contributed by atoms with Gasteiger partial charge in [-0.1, -0.05) is 47.1 Å². The van der Waals surface area contributed by atoms with E-state index in [0.717, 1.165) is 27.7 Å². The van der Waals surface area contributed by atoms with Crippen LogP contribution in [-0.4, -0.2) is 0 Å². The summed E-state index contributed by atoms with van der Waals surface area (Å²) in [6, 6.07) is 14.1. The zero-order valence-corrected chi connectivity index (χ0v) is 12.4. The molecular formula is C15H18BrN3. The molecule has 0 fully saturated rings. The number of hydrazine groups is 1. The Labute approximate surface area is 122 Å². The number of rotatable bonds is 4. The highest BCUT2D eigenvalue weighted by atomic mass is 79.9. The molecule has 0 heterocycles. The third kappa shape index (κ3) is 3.15. The Morgan fingerprint density at radius 1 is 1.21 bits per heavy atom. The molecule has 4 heteroatoms. The second-order valence-corrected chi connectivity index (χ2v) is 5.39. The standard InChI is InChI=1S/C15H18BrN3/c1-2-10-4-3-5-11(8-10)15(19-18)13-9-12(16)6-7-14(13)17/h3-9,15,19H,2,17-18H2,1H3. The van der Waals surface area contributed by atoms with Gasteiger partial charge in [0, 0.05) is 10.2 Å². The number of hydrogen-bond donors (Lipinski definition) is 3. The van der Waals surface area contributed by atoms with E-state index in [9.17, 15) is 0 Å². The minimum atomic E-state index is -0.107. The molecule has 0 amide bonds. The van der Waals surface area contributed by atoms with Crippen molar-refractivity contribution in [1.29, 1.82) is 0 Å². The first-order valence-corrected chi connectivity index (χ1v) is 7.05. The Morgan fingerprint density at radius 2 is 2.00 bits per heavy atom. The van der Waals surface area contributed by atoms with Gasteiger partial charge in [0.05, 0.1) is 6.04 Å². The summed E-state index contributed by atoms with van der Waals surface area (Å²) in [6.07, 6.45) is 0.999. The van der Waals surface area contributed by atoms with Crippen molar-refractivity contribution < 1.29 is 0 Å². The van der Waals surface area contributed by atoms with Crippen molar-refractivity contribution in [2.75, 3.05) is 5.73 Å². The van der Waals surface area contributed by atoms with Gasteiger partial charge < -0.3 is 5.73 Å². The first kappa shape index (κ1) is 14.1. The number of aryl methyl sites for hydroxylation is 1. The molecule has 2 rings (SSSR count). The molecule has 1 atom stereocenters. The SMILES string of the molecule is CCc1cccc(C(NN)c2cc(Br)ccc2N)c1. The van der Waals surface area contributed by atoms with Gasteiger partial charge in [-0.3, -0.25) is 5.84 Å². The number of nitrogen functional groups attached to an aromatic ring is 1. The molecule has 1 unspecified atom stereocenters. The van der Waals surface area contributed by atoms with Crippen molar-refractivity contribution in [3.63, 3.8) is 0 Å². The normalized spacial score (nSPS) is 12.4. The van der Waals surface area contributed by atoms with Crippen molar-refractivity contribution in [2.45, 2.75) is 19.4 Å². The van der Waals surface area contributed by atoms with E-state index in [1.807, 2.05) is 24.3 Å². The van der Waals surface area contributed by atoms with E-state index < -0.39 is 0 Å². The van der Waals surface area contributed by atoms with Crippen LogP contribution in [0.1, 0.15) is 29.7 Å². The first-order chi connectivity index (χ1) is 9.15. The van der Waals surface area contributed by atoms with Crippen LogP contribution >= 0.6 is 15.9 Å². The molecule has 0 saturated heterocycles. The van der Waals surface area contributed by atoms with Gasteiger partial charge in [-0.15, -0.1) is 0 Å². The summed E-state index contributed by atoms with van der Waals surface area (Å²) < 4.78 is 0.989. The summed E-state index contributed by atoms with van der Waals surface area (Å²) in [7, 11) is 0. The molecule has 0 aromatic heterocycles. The van der Waals surface area contributed by atoms with E-state index in [0.29, 0.717) is 0 Å². The van der Waals surface area contributed by atoms with E-state index in [4.69, 9.17) is 11.6 Å². The number of halogens is 1. The predicted molar refractivity (Wildman–Crippen MR) is 83.5 cm³/mol. The summed E-state index contributed by atoms with van der Waals surface area (Å²) in [5, 5.41) is 0. The Kier molecular flexibility index (Phi) is 4.58. The lowest BCUT2D eigenvalue weighted by Crippen LogP contribution is -2.29. The minimum Gasteiger partial charge on any atom is -0.398 e. The summed E-state index contributed by atoms with van der Waals surface area (Å²) in [5.74, 6) is 5.73. The fourth-order valence-electron chi connectivity index (χ4n) is 2.15. The van der Waals surface area contributed by atoms with Crippen LogP contribution in [0, 0.1) is 0 Å². The summed E-state index contributed by atoms with van der Waals surface area (Å²) in [6.45, 7) is 2.14. The zero-order chi connectivity index (χ0) is 13.8. The molecule has 2 aromatic rings. The third-order valence-corrected chi connectivity index (χ3v) is 3.71. The molecule has 0 spiro atoms. The second kappa shape index (κ2) is 6.19. The smallest absolute Gasteiger partial charge is 0.0730 e. The monoisotopic (exact) mass is 319 g/mol. The van der Waals surface area contributed by atoms with Gasteiger partial charge in [-0.2, -0.15) is 0 Å². The lowest BCUT2D eigenvalue weighted by molar-refractivity contribution is 0.637. The number of nitrogens with one attached hydrogen (secondary N) is 1. The fourth-order valence-corrected chi connectivity index (χ4v) is 2.53. The van der Waals surface area contributed by atoms with Gasteiger partial charge >= 0.3 is 0 Å². The van der Waals surface area contributed by atoms with Gasteiger partial charge in [0.2, 0.25) is 0 Å². The van der Waals surface area contributed by atoms with Crippen molar-refractivity contribution in [3.05, 3.63) is 63.6 Å². The molecule has 100 valence electrons. The van der Waals surface area contributed by atoms with Crippen molar-refractivity contribution >= 4 is 21.6 Å². The Balaban J connectivity index is 2.46. The molecule has 2 aromatic carbocycles. The fraction of sp³-hybridized carbons (Fsp3) is 0.200. The van der Waals surface area contributed by atoms with Gasteiger partial charge in [0.1, 0.15) is 0 Å². The molecule has 19 heavy (non-hydrogen) atoms. The van der Waals surface area contributed by atoms with Gasteiger partial charge in [-0.25, -0.2) is 5.43 Å². The number of hydrogen-bond acceptors (Lipinski definition) is 3. The molecule has 0 aliphatic heterocycles. The lowest BCUT2D eigenvalue weighted by atomic mass is 9.96. The topological polar surface area (TPSA) is 64.1 Å². The van der Waals surface area contributed by atoms with Crippen LogP contribution in [0.2, 0.25) is 0 Å². The molecule has 0 radical (unpaired) electrons. The van der Waals surface area contributed by atoms with Gasteiger partial charge in [0.15, 0.2) is 0 Å². The highest BCUT2D eigenvalue weighted by Crippen LogP contribution is 2.29. The van der Waals surface area contributed by atoms with E-state index >= 15 is 0 Å². The summed E-state index contributed by atoms with van der Waals surface area (Å²) in [5.41, 5.74) is 13.0. The lowest BCUT2D eigenvalue weighted by Gasteiger charge is -2.19. The quantitative estimate of drug-likeness (QED) is 0.461. The van der Waals surface area contributed by atoms with Crippen LogP contribution in [0.5, 0.6) is 0 Å². The minimum absolute atomic E-state index is 0.107. The predicted octanol–water partition coefficient (Wildman–Crippen LogP) is 3.15. The summed E-state index contributed by atoms with van der Waals surface area (Å²) >= 11 is 3.47. The Bertz CT molecular complexity index is 569. The molecule has 0 aliphatic rings. The third-order valence-electron chi connectivity index (χ3n) is 3.22. The highest BCUT2D eigenvalue weighted by Gasteiger charge is 2.15. The number of anilines is 1. The van der Waals surface area contributed by atoms with E-state index in [2.05, 4.69) is 46.5 Å². The van der Waals surface area contributed by atoms with Crippen LogP contribution < -0.4 is 17.0 Å². The second-order valence-electron chi connectivity index (χ2n) is 4.47. The van der Waals surface area contributed by atoms with Crippen molar-refractivity contribution in [3.8, 4) is 0 Å². The number of benzene rings is 2. The molecule has 5 N–H and O–H groups in total. The maximum absolute atomic E-state index is 6.06. The average molecular weight is 320 g/mol. The van der Waals surface area contributed by atoms with Gasteiger partial charge in [-0.05, 0) is 41.3 Å². The van der Waals surface area contributed by atoms with Crippen LogP contribution in [0.4, 0.5) is 5.69 Å². The van der Waals surface area contributed by atoms with Crippen LogP contribution in [0.15, 0.2) is 46.9 Å². The maximum atomic E-state index is 6.06. The summed E-state index contributed by atoms with van der Waals surface area (Å²) in [4.78, 5) is 0. The Hall–Kier alpha value is -1.36. The molecule has 3 nitrogen and oxygen atoms in total. The van der Waals surface area contributed by atoms with Crippen LogP contribution in [0.3, 0.4) is 0 Å². The van der Waals surface area contributed by atoms with Crippen molar-refractivity contribution in [1.82, 2.24) is 5.43 Å². The van der Waals surface area contributed by atoms with Crippen LogP contribution in [-0.2, 0) is 6.42 Å². The van der Waals surface area contributed by atoms with E-state index in [-0.39, 0.29) is 6.04 Å². The molecule has 0 aliphatic carbocycles. The zero-order valence-electron chi connectivity index (χ0n) is 10.9. The average Bonchev–Trinajstić information content (AvgIpc) is 2.44. The maximum Gasteiger partial charge on any atom is 0.0730 e. The first-order valence-electron chi connectivity index (χ1n) is 6.25. The van der Waals surface area contributed by atoms with Crippen LogP contribution in [0.25, 0.3) is 0 Å². The van der Waals surface area contributed by atoms with E-state index in [1.54, 1.807) is 0 Å². The highest BCUT2D eigenvalue weighted by molar-refractivity contribution is 9.10. The van der Waals surface area contributed by atoms with Gasteiger partial charge in [0.25, 0.3) is 0 Å². The Morgan fingerprint density at radius 3 is 2.68 bits per heavy atom. The molecule has 0 bridgehead atoms. The molecule has 0 saturated carbocycles. The van der Waals surface area contributed by atoms with E-state index in [1.165, 1.54) is 5.56 Å². The number of nitrogens with two attached hydrogens (primary N) is 2. The van der Waals surface area contributed by atoms with Crippen molar-refractivity contribution in [2.24, 2.45) is 5.84 Å². The molecular weight excluding hydrogens is 302 g/mol. The largest absolute Gasteiger partial charge is 0.398 e.